The van der Waals surface area contributed by atoms with Crippen LogP contribution in [0.15, 0.2) is 12.2 Å². The first-order valence-electron chi connectivity index (χ1n) is 7.10. The van der Waals surface area contributed by atoms with E-state index in [1.807, 2.05) is 0 Å². The highest BCUT2D eigenvalue weighted by Gasteiger charge is 2.68. The zero-order chi connectivity index (χ0) is 14.0. The van der Waals surface area contributed by atoms with E-state index in [1.54, 1.807) is 0 Å². The number of carbonyl (C=O) groups is 1. The van der Waals surface area contributed by atoms with Crippen molar-refractivity contribution in [3.05, 3.63) is 12.2 Å². The van der Waals surface area contributed by atoms with Crippen LogP contribution < -0.4 is 0 Å². The molecule has 6 atom stereocenters. The van der Waals surface area contributed by atoms with Gasteiger partial charge in [0.15, 0.2) is 0 Å². The molecule has 1 aliphatic carbocycles. The minimum atomic E-state index is -0.947. The standard InChI is InChI=1S/C15H22O4/c1-8-6-11-10(9(2)13(17)18)7-14(3)12(16)4-5-15(8,14)19-11/h8,10-12,16H,2,4-7H2,1,3H3,(H,17,18)/t8-,10+,11-,12-,14+,15+/m0/s1. The molecule has 19 heavy (non-hydrogen) atoms. The number of hydrogen-bond donors (Lipinski definition) is 2. The van der Waals surface area contributed by atoms with Crippen LogP contribution >= 0.6 is 0 Å². The molecule has 4 heteroatoms. The van der Waals surface area contributed by atoms with Gasteiger partial charge < -0.3 is 14.9 Å². The lowest BCUT2D eigenvalue weighted by Gasteiger charge is -2.50. The summed E-state index contributed by atoms with van der Waals surface area (Å²) in [6.07, 6.45) is 2.73. The van der Waals surface area contributed by atoms with Gasteiger partial charge in [-0.2, -0.15) is 0 Å². The summed E-state index contributed by atoms with van der Waals surface area (Å²) in [4.78, 5) is 11.2. The first kappa shape index (κ1) is 13.1. The van der Waals surface area contributed by atoms with Gasteiger partial charge in [-0.1, -0.05) is 20.4 Å². The Labute approximate surface area is 113 Å². The average Bonchev–Trinajstić information content (AvgIpc) is 2.79. The lowest BCUT2D eigenvalue weighted by molar-refractivity contribution is -0.193. The van der Waals surface area contributed by atoms with Gasteiger partial charge in [-0.25, -0.2) is 4.79 Å². The summed E-state index contributed by atoms with van der Waals surface area (Å²) >= 11 is 0. The molecule has 0 amide bonds. The summed E-state index contributed by atoms with van der Waals surface area (Å²) < 4.78 is 6.29. The van der Waals surface area contributed by atoms with E-state index in [4.69, 9.17) is 4.74 Å². The predicted molar refractivity (Wildman–Crippen MR) is 69.6 cm³/mol. The fraction of sp³-hybridized carbons (Fsp3) is 0.800. The Kier molecular flexibility index (Phi) is 2.64. The second kappa shape index (κ2) is 3.83. The van der Waals surface area contributed by atoms with Gasteiger partial charge in [0.05, 0.1) is 17.8 Å². The second-order valence-corrected chi connectivity index (χ2v) is 6.80. The van der Waals surface area contributed by atoms with Crippen LogP contribution in [0.1, 0.15) is 39.5 Å². The van der Waals surface area contributed by atoms with Gasteiger partial charge in [0.25, 0.3) is 0 Å². The highest BCUT2D eigenvalue weighted by molar-refractivity contribution is 5.86. The van der Waals surface area contributed by atoms with E-state index in [2.05, 4.69) is 20.4 Å². The number of fused-ring (bicyclic) bond motifs is 1. The van der Waals surface area contributed by atoms with Crippen molar-refractivity contribution >= 4 is 5.97 Å². The number of rotatable bonds is 2. The van der Waals surface area contributed by atoms with Gasteiger partial charge >= 0.3 is 5.97 Å². The molecule has 106 valence electrons. The first-order chi connectivity index (χ1) is 8.82. The Morgan fingerprint density at radius 3 is 2.79 bits per heavy atom. The van der Waals surface area contributed by atoms with E-state index >= 15 is 0 Å². The van der Waals surface area contributed by atoms with E-state index in [9.17, 15) is 15.0 Å². The summed E-state index contributed by atoms with van der Waals surface area (Å²) in [5, 5.41) is 19.6. The van der Waals surface area contributed by atoms with Gasteiger partial charge in [0.2, 0.25) is 0 Å². The Morgan fingerprint density at radius 1 is 1.47 bits per heavy atom. The van der Waals surface area contributed by atoms with Gasteiger partial charge in [-0.15, -0.1) is 0 Å². The van der Waals surface area contributed by atoms with Crippen LogP contribution in [0.5, 0.6) is 0 Å². The molecule has 2 bridgehead atoms. The molecular weight excluding hydrogens is 244 g/mol. The molecule has 2 N–H and O–H groups in total. The van der Waals surface area contributed by atoms with Crippen LogP contribution in [0.2, 0.25) is 0 Å². The van der Waals surface area contributed by atoms with E-state index in [1.165, 1.54) is 0 Å². The SMILES string of the molecule is C=C(C(=O)O)[C@H]1C[C@]2(C)[C@@H](O)CC[C@]23O[C@H]1C[C@@H]3C. The van der Waals surface area contributed by atoms with Crippen molar-refractivity contribution in [1.29, 1.82) is 0 Å². The number of aliphatic hydroxyl groups is 1. The molecule has 2 heterocycles. The molecule has 3 fully saturated rings. The summed E-state index contributed by atoms with van der Waals surface area (Å²) in [5.41, 5.74) is -0.373. The molecule has 0 aromatic heterocycles. The Balaban J connectivity index is 2.00. The van der Waals surface area contributed by atoms with Gasteiger partial charge in [0, 0.05) is 16.9 Å². The Bertz CT molecular complexity index is 445. The smallest absolute Gasteiger partial charge is 0.331 e. The van der Waals surface area contributed by atoms with E-state index < -0.39 is 12.1 Å². The van der Waals surface area contributed by atoms with Crippen molar-refractivity contribution in [2.75, 3.05) is 0 Å². The molecule has 3 rings (SSSR count). The normalized spacial score (nSPS) is 51.9. The number of aliphatic hydroxyl groups excluding tert-OH is 1. The number of hydrogen-bond acceptors (Lipinski definition) is 3. The third-order valence-electron chi connectivity index (χ3n) is 6.05. The Hall–Kier alpha value is -0.870. The van der Waals surface area contributed by atoms with Crippen LogP contribution in [0.3, 0.4) is 0 Å². The molecule has 2 saturated heterocycles. The third kappa shape index (κ3) is 1.44. The van der Waals surface area contributed by atoms with Crippen molar-refractivity contribution in [3.8, 4) is 0 Å². The molecular formula is C15H22O4. The minimum Gasteiger partial charge on any atom is -0.478 e. The average molecular weight is 266 g/mol. The third-order valence-corrected chi connectivity index (χ3v) is 6.05. The summed E-state index contributed by atoms with van der Waals surface area (Å²) in [7, 11) is 0. The van der Waals surface area contributed by atoms with Crippen LogP contribution in [-0.2, 0) is 9.53 Å². The fourth-order valence-corrected chi connectivity index (χ4v) is 4.86. The molecule has 2 aliphatic heterocycles. The Morgan fingerprint density at radius 2 is 2.16 bits per heavy atom. The van der Waals surface area contributed by atoms with E-state index in [-0.39, 0.29) is 28.6 Å². The summed E-state index contributed by atoms with van der Waals surface area (Å²) in [5.74, 6) is -0.753. The lowest BCUT2D eigenvalue weighted by Crippen LogP contribution is -2.55. The summed E-state index contributed by atoms with van der Waals surface area (Å²) in [6.45, 7) is 7.96. The highest BCUT2D eigenvalue weighted by atomic mass is 16.5. The van der Waals surface area contributed by atoms with Crippen LogP contribution in [0.25, 0.3) is 0 Å². The monoisotopic (exact) mass is 266 g/mol. The number of aliphatic carboxylic acids is 1. The molecule has 3 aliphatic rings. The number of carboxylic acid groups (broad SMARTS) is 1. The quantitative estimate of drug-likeness (QED) is 0.750. The molecule has 4 nitrogen and oxygen atoms in total. The molecule has 1 saturated carbocycles. The zero-order valence-electron chi connectivity index (χ0n) is 11.6. The van der Waals surface area contributed by atoms with Gasteiger partial charge in [-0.3, -0.25) is 0 Å². The fourth-order valence-electron chi connectivity index (χ4n) is 4.86. The second-order valence-electron chi connectivity index (χ2n) is 6.80. The van der Waals surface area contributed by atoms with E-state index in [0.717, 1.165) is 19.3 Å². The van der Waals surface area contributed by atoms with Crippen LogP contribution in [0.4, 0.5) is 0 Å². The topological polar surface area (TPSA) is 66.8 Å². The zero-order valence-corrected chi connectivity index (χ0v) is 11.6. The van der Waals surface area contributed by atoms with Crippen LogP contribution in [-0.4, -0.2) is 34.0 Å². The molecule has 0 aromatic carbocycles. The van der Waals surface area contributed by atoms with Crippen molar-refractivity contribution in [1.82, 2.24) is 0 Å². The molecule has 0 unspecified atom stereocenters. The maximum atomic E-state index is 11.2. The largest absolute Gasteiger partial charge is 0.478 e. The first-order valence-corrected chi connectivity index (χ1v) is 7.10. The highest BCUT2D eigenvalue weighted by Crippen LogP contribution is 2.65. The lowest BCUT2D eigenvalue weighted by atomic mass is 9.65. The van der Waals surface area contributed by atoms with Crippen molar-refractivity contribution in [2.45, 2.75) is 57.3 Å². The van der Waals surface area contributed by atoms with Crippen molar-refractivity contribution < 1.29 is 19.7 Å². The molecule has 0 radical (unpaired) electrons. The predicted octanol–water partition coefficient (Wildman–Crippen LogP) is 1.97. The van der Waals surface area contributed by atoms with E-state index in [0.29, 0.717) is 12.3 Å². The maximum Gasteiger partial charge on any atom is 0.331 e. The van der Waals surface area contributed by atoms with Crippen LogP contribution in [0, 0.1) is 17.3 Å². The minimum absolute atomic E-state index is 0.0445. The number of carboxylic acids is 1. The summed E-state index contributed by atoms with van der Waals surface area (Å²) in [6, 6.07) is 0. The number of ether oxygens (including phenoxy) is 1. The van der Waals surface area contributed by atoms with Crippen molar-refractivity contribution in [2.24, 2.45) is 17.3 Å². The van der Waals surface area contributed by atoms with Gasteiger partial charge in [-0.05, 0) is 31.6 Å². The molecule has 0 aromatic rings. The van der Waals surface area contributed by atoms with Gasteiger partial charge in [0.1, 0.15) is 0 Å². The van der Waals surface area contributed by atoms with Crippen molar-refractivity contribution in [3.63, 3.8) is 0 Å². The maximum absolute atomic E-state index is 11.2. The molecule has 1 spiro atoms.